The fourth-order valence-electron chi connectivity index (χ4n) is 3.05. The predicted molar refractivity (Wildman–Crippen MR) is 95.9 cm³/mol. The van der Waals surface area contributed by atoms with E-state index in [1.54, 1.807) is 10.7 Å². The smallest absolute Gasteiger partial charge is 0.229 e. The van der Waals surface area contributed by atoms with Crippen LogP contribution in [0.2, 0.25) is 0 Å². The summed E-state index contributed by atoms with van der Waals surface area (Å²) in [6.07, 6.45) is 3.38. The second-order valence-electron chi connectivity index (χ2n) is 6.24. The van der Waals surface area contributed by atoms with E-state index in [2.05, 4.69) is 30.5 Å². The lowest BCUT2D eigenvalue weighted by Gasteiger charge is -2.31. The van der Waals surface area contributed by atoms with Crippen molar-refractivity contribution in [2.75, 3.05) is 23.3 Å². The molecule has 4 rings (SSSR count). The molecule has 0 aromatic carbocycles. The van der Waals surface area contributed by atoms with E-state index in [-0.39, 0.29) is 11.8 Å². The number of thiazole rings is 1. The van der Waals surface area contributed by atoms with E-state index in [9.17, 15) is 4.79 Å². The molecule has 1 aliphatic rings. The van der Waals surface area contributed by atoms with Crippen LogP contribution in [-0.2, 0) is 4.79 Å². The molecule has 4 heterocycles. The fourth-order valence-corrected chi connectivity index (χ4v) is 3.71. The number of carbonyl (C=O) groups excluding carboxylic acids is 1. The maximum atomic E-state index is 12.4. The van der Waals surface area contributed by atoms with Crippen LogP contribution < -0.4 is 10.2 Å². The van der Waals surface area contributed by atoms with Gasteiger partial charge in [0, 0.05) is 30.1 Å². The lowest BCUT2D eigenvalue weighted by Crippen LogP contribution is -2.38. The van der Waals surface area contributed by atoms with Crippen LogP contribution in [0.25, 0.3) is 5.65 Å². The normalized spacial score (nSPS) is 15.7. The van der Waals surface area contributed by atoms with E-state index in [1.165, 1.54) is 11.3 Å². The van der Waals surface area contributed by atoms with Crippen LogP contribution in [0.4, 0.5) is 10.9 Å². The third-order valence-electron chi connectivity index (χ3n) is 4.45. The Balaban J connectivity index is 1.40. The highest BCUT2D eigenvalue weighted by Crippen LogP contribution is 2.24. The first-order chi connectivity index (χ1) is 12.1. The zero-order valence-electron chi connectivity index (χ0n) is 14.1. The summed E-state index contributed by atoms with van der Waals surface area (Å²) in [6, 6.07) is 3.88. The largest absolute Gasteiger partial charge is 0.355 e. The molecule has 1 N–H and O–H groups in total. The fraction of sp³-hybridized carbons (Fsp3) is 0.438. The number of fused-ring (bicyclic) bond motifs is 1. The van der Waals surface area contributed by atoms with E-state index in [0.717, 1.165) is 48.1 Å². The highest BCUT2D eigenvalue weighted by Gasteiger charge is 2.26. The zero-order valence-corrected chi connectivity index (χ0v) is 15.0. The average molecular weight is 357 g/mol. The van der Waals surface area contributed by atoms with Crippen LogP contribution in [0.3, 0.4) is 0 Å². The molecule has 3 aromatic rings. The molecule has 0 unspecified atom stereocenters. The van der Waals surface area contributed by atoms with Crippen molar-refractivity contribution in [3.63, 3.8) is 0 Å². The number of aryl methyl sites for hydroxylation is 2. The quantitative estimate of drug-likeness (QED) is 0.772. The highest BCUT2D eigenvalue weighted by atomic mass is 32.1. The first-order valence-corrected chi connectivity index (χ1v) is 9.09. The molecule has 130 valence electrons. The van der Waals surface area contributed by atoms with Gasteiger partial charge in [0.1, 0.15) is 5.82 Å². The zero-order chi connectivity index (χ0) is 17.4. The number of carbonyl (C=O) groups is 1. The Labute approximate surface area is 148 Å². The third kappa shape index (κ3) is 3.19. The maximum absolute atomic E-state index is 12.4. The number of rotatable bonds is 3. The minimum Gasteiger partial charge on any atom is -0.355 e. The van der Waals surface area contributed by atoms with Crippen molar-refractivity contribution in [2.45, 2.75) is 26.7 Å². The molecule has 0 spiro atoms. The summed E-state index contributed by atoms with van der Waals surface area (Å²) in [6.45, 7) is 5.46. The molecule has 3 aromatic heterocycles. The van der Waals surface area contributed by atoms with Gasteiger partial charge in [0.15, 0.2) is 16.6 Å². The summed E-state index contributed by atoms with van der Waals surface area (Å²) in [4.78, 5) is 19.9. The molecule has 0 saturated carbocycles. The summed E-state index contributed by atoms with van der Waals surface area (Å²) >= 11 is 1.50. The SMILES string of the molecule is Cc1cnc(NC(=O)C2CCN(c3ccc4nnc(C)n4n3)CC2)s1. The van der Waals surface area contributed by atoms with E-state index >= 15 is 0 Å². The van der Waals surface area contributed by atoms with Crippen molar-refractivity contribution in [3.05, 3.63) is 29.0 Å². The number of hydrogen-bond acceptors (Lipinski definition) is 7. The summed E-state index contributed by atoms with van der Waals surface area (Å²) in [5, 5.41) is 16.3. The summed E-state index contributed by atoms with van der Waals surface area (Å²) in [7, 11) is 0. The Morgan fingerprint density at radius 2 is 2.04 bits per heavy atom. The number of anilines is 2. The van der Waals surface area contributed by atoms with E-state index in [0.29, 0.717) is 5.13 Å². The van der Waals surface area contributed by atoms with Crippen LogP contribution in [-0.4, -0.2) is 43.8 Å². The van der Waals surface area contributed by atoms with Gasteiger partial charge >= 0.3 is 0 Å². The number of amides is 1. The van der Waals surface area contributed by atoms with Crippen LogP contribution in [0.1, 0.15) is 23.5 Å². The van der Waals surface area contributed by atoms with Crippen molar-refractivity contribution in [1.29, 1.82) is 0 Å². The molecule has 9 heteroatoms. The molecule has 8 nitrogen and oxygen atoms in total. The lowest BCUT2D eigenvalue weighted by atomic mass is 9.96. The van der Waals surface area contributed by atoms with Crippen molar-refractivity contribution < 1.29 is 4.79 Å². The average Bonchev–Trinajstić information content (AvgIpc) is 3.20. The minimum absolute atomic E-state index is 0.0147. The number of nitrogens with zero attached hydrogens (tertiary/aromatic N) is 6. The number of hydrogen-bond donors (Lipinski definition) is 1. The maximum Gasteiger partial charge on any atom is 0.229 e. The second kappa shape index (κ2) is 6.40. The Bertz CT molecular complexity index is 910. The Hall–Kier alpha value is -2.55. The first kappa shape index (κ1) is 15.9. The molecule has 0 atom stereocenters. The van der Waals surface area contributed by atoms with Gasteiger partial charge in [-0.3, -0.25) is 4.79 Å². The van der Waals surface area contributed by atoms with Gasteiger partial charge < -0.3 is 10.2 Å². The van der Waals surface area contributed by atoms with Gasteiger partial charge in [0.05, 0.1) is 0 Å². The molecule has 1 aliphatic heterocycles. The molecule has 1 amide bonds. The topological polar surface area (TPSA) is 88.3 Å². The molecule has 0 bridgehead atoms. The predicted octanol–water partition coefficient (Wildman–Crippen LogP) is 2.05. The van der Waals surface area contributed by atoms with Crippen molar-refractivity contribution in [2.24, 2.45) is 5.92 Å². The van der Waals surface area contributed by atoms with Crippen molar-refractivity contribution in [1.82, 2.24) is 24.8 Å². The lowest BCUT2D eigenvalue weighted by molar-refractivity contribution is -0.120. The molecule has 25 heavy (non-hydrogen) atoms. The monoisotopic (exact) mass is 357 g/mol. The van der Waals surface area contributed by atoms with Crippen LogP contribution in [0.5, 0.6) is 0 Å². The minimum atomic E-state index is 0.0147. The van der Waals surface area contributed by atoms with E-state index in [1.807, 2.05) is 26.0 Å². The molecule has 1 fully saturated rings. The van der Waals surface area contributed by atoms with Gasteiger partial charge in [0.25, 0.3) is 0 Å². The third-order valence-corrected chi connectivity index (χ3v) is 5.27. The van der Waals surface area contributed by atoms with Crippen molar-refractivity contribution >= 4 is 33.8 Å². The van der Waals surface area contributed by atoms with Gasteiger partial charge in [-0.25, -0.2) is 4.98 Å². The van der Waals surface area contributed by atoms with Gasteiger partial charge in [-0.05, 0) is 38.8 Å². The molecule has 1 saturated heterocycles. The summed E-state index contributed by atoms with van der Waals surface area (Å²) < 4.78 is 1.75. The van der Waals surface area contributed by atoms with Crippen LogP contribution >= 0.6 is 11.3 Å². The Morgan fingerprint density at radius 3 is 2.76 bits per heavy atom. The van der Waals surface area contributed by atoms with E-state index in [4.69, 9.17) is 0 Å². The highest BCUT2D eigenvalue weighted by molar-refractivity contribution is 7.15. The summed E-state index contributed by atoms with van der Waals surface area (Å²) in [5.41, 5.74) is 0.745. The second-order valence-corrected chi connectivity index (χ2v) is 7.47. The van der Waals surface area contributed by atoms with Crippen LogP contribution in [0, 0.1) is 19.8 Å². The molecular weight excluding hydrogens is 338 g/mol. The molecule has 0 aliphatic carbocycles. The van der Waals surface area contributed by atoms with Gasteiger partial charge in [-0.1, -0.05) is 0 Å². The van der Waals surface area contributed by atoms with Crippen molar-refractivity contribution in [3.8, 4) is 0 Å². The summed E-state index contributed by atoms with van der Waals surface area (Å²) in [5.74, 6) is 1.74. The standard InChI is InChI=1S/C16H19N7OS/c1-10-9-17-16(25-10)18-15(24)12-5-7-22(8-6-12)14-4-3-13-20-19-11(2)23(13)21-14/h3-4,9,12H,5-8H2,1-2H3,(H,17,18,24). The van der Waals surface area contributed by atoms with Gasteiger partial charge in [0.2, 0.25) is 5.91 Å². The van der Waals surface area contributed by atoms with Gasteiger partial charge in [-0.15, -0.1) is 26.6 Å². The molecule has 0 radical (unpaired) electrons. The van der Waals surface area contributed by atoms with Gasteiger partial charge in [-0.2, -0.15) is 4.52 Å². The first-order valence-electron chi connectivity index (χ1n) is 8.27. The Morgan fingerprint density at radius 1 is 1.24 bits per heavy atom. The molecular formula is C16H19N7OS. The number of aromatic nitrogens is 5. The number of piperidine rings is 1. The Kier molecular flexibility index (Phi) is 4.08. The number of nitrogens with one attached hydrogen (secondary N) is 1. The van der Waals surface area contributed by atoms with E-state index < -0.39 is 0 Å². The van der Waals surface area contributed by atoms with Crippen LogP contribution in [0.15, 0.2) is 18.3 Å².